The van der Waals surface area contributed by atoms with E-state index in [1.54, 1.807) is 38.1 Å². The number of ether oxygens (including phenoxy) is 2. The van der Waals surface area contributed by atoms with Gasteiger partial charge in [-0.15, -0.1) is 0 Å². The lowest BCUT2D eigenvalue weighted by Crippen LogP contribution is -2.49. The van der Waals surface area contributed by atoms with Crippen LogP contribution in [0.15, 0.2) is 53.7 Å². The molecule has 0 unspecified atom stereocenters. The van der Waals surface area contributed by atoms with E-state index < -0.39 is 29.7 Å². The molecular formula is C22H21ClF2N2O4. The van der Waals surface area contributed by atoms with E-state index in [1.165, 1.54) is 4.90 Å². The van der Waals surface area contributed by atoms with Gasteiger partial charge in [-0.05, 0) is 43.7 Å². The Bertz CT molecular complexity index is 1030. The fourth-order valence-electron chi connectivity index (χ4n) is 3.32. The maximum Gasteiger partial charge on any atom is 0.338 e. The third-order valence-corrected chi connectivity index (χ3v) is 4.93. The zero-order chi connectivity index (χ0) is 22.5. The molecule has 1 N–H and O–H groups in total. The second-order valence-electron chi connectivity index (χ2n) is 6.63. The molecular weight excluding hydrogens is 430 g/mol. The number of benzene rings is 2. The molecule has 0 saturated heterocycles. The Morgan fingerprint density at radius 2 is 1.97 bits per heavy atom. The van der Waals surface area contributed by atoms with Gasteiger partial charge in [0.1, 0.15) is 12.4 Å². The lowest BCUT2D eigenvalue weighted by atomic mass is 9.94. The number of hydrogen-bond acceptors (Lipinski definition) is 4. The van der Waals surface area contributed by atoms with Crippen LogP contribution in [0.3, 0.4) is 0 Å². The van der Waals surface area contributed by atoms with Gasteiger partial charge in [0.2, 0.25) is 0 Å². The van der Waals surface area contributed by atoms with Gasteiger partial charge < -0.3 is 14.8 Å². The number of halogens is 3. The van der Waals surface area contributed by atoms with E-state index >= 15 is 0 Å². The summed E-state index contributed by atoms with van der Waals surface area (Å²) < 4.78 is 38.0. The van der Waals surface area contributed by atoms with E-state index in [4.69, 9.17) is 21.1 Å². The minimum absolute atomic E-state index is 0.116. The number of urea groups is 1. The first-order valence-electron chi connectivity index (χ1n) is 9.67. The summed E-state index contributed by atoms with van der Waals surface area (Å²) >= 11 is 6.10. The Morgan fingerprint density at radius 1 is 1.19 bits per heavy atom. The van der Waals surface area contributed by atoms with Crippen molar-refractivity contribution in [3.8, 4) is 5.75 Å². The van der Waals surface area contributed by atoms with Crippen LogP contribution in [0.5, 0.6) is 5.75 Å². The van der Waals surface area contributed by atoms with Gasteiger partial charge in [-0.1, -0.05) is 23.7 Å². The number of likely N-dealkylation sites (N-methyl/N-ethyl adjacent to an activating group) is 1. The fourth-order valence-corrected chi connectivity index (χ4v) is 3.52. The highest BCUT2D eigenvalue weighted by atomic mass is 35.5. The zero-order valence-corrected chi connectivity index (χ0v) is 17.7. The van der Waals surface area contributed by atoms with E-state index in [2.05, 4.69) is 5.32 Å². The number of nitrogens with one attached hydrogen (secondary N) is 1. The van der Waals surface area contributed by atoms with Crippen LogP contribution in [0.4, 0.5) is 13.6 Å². The van der Waals surface area contributed by atoms with E-state index in [-0.39, 0.29) is 36.8 Å². The van der Waals surface area contributed by atoms with E-state index in [0.717, 1.165) is 12.1 Å². The van der Waals surface area contributed by atoms with Crippen molar-refractivity contribution in [2.75, 3.05) is 19.8 Å². The molecule has 1 aliphatic rings. The van der Waals surface area contributed by atoms with Crippen molar-refractivity contribution in [3.63, 3.8) is 0 Å². The minimum atomic E-state index is -0.895. The Morgan fingerprint density at radius 3 is 2.61 bits per heavy atom. The van der Waals surface area contributed by atoms with Crippen LogP contribution >= 0.6 is 11.6 Å². The molecule has 2 aromatic carbocycles. The monoisotopic (exact) mass is 450 g/mol. The standard InChI is InChI=1S/C22H21ClF2N2O4/c1-3-27-17(12-31-18-9-8-15(24)11-16(18)25)19(21(28)30-4-2)20(26-22(27)29)13-6-5-7-14(23)10-13/h5-11,20H,3-4,12H2,1-2H3,(H,26,29)/t20-/m1/s1. The second-order valence-corrected chi connectivity index (χ2v) is 7.06. The summed E-state index contributed by atoms with van der Waals surface area (Å²) in [5.41, 5.74) is 0.941. The molecule has 2 amide bonds. The van der Waals surface area contributed by atoms with Crippen molar-refractivity contribution in [3.05, 3.63) is 76.0 Å². The SMILES string of the molecule is CCOC(=O)C1=C(COc2ccc(F)cc2F)N(CC)C(=O)N[C@@H]1c1cccc(Cl)c1. The zero-order valence-electron chi connectivity index (χ0n) is 17.0. The van der Waals surface area contributed by atoms with E-state index in [0.29, 0.717) is 16.7 Å². The Balaban J connectivity index is 2.08. The van der Waals surface area contributed by atoms with Crippen LogP contribution in [0.1, 0.15) is 25.5 Å². The van der Waals surface area contributed by atoms with Crippen LogP contribution in [-0.2, 0) is 9.53 Å². The van der Waals surface area contributed by atoms with Crippen LogP contribution < -0.4 is 10.1 Å². The highest BCUT2D eigenvalue weighted by Crippen LogP contribution is 2.33. The lowest BCUT2D eigenvalue weighted by Gasteiger charge is -2.36. The molecule has 0 spiro atoms. The smallest absolute Gasteiger partial charge is 0.338 e. The van der Waals surface area contributed by atoms with Crippen LogP contribution in [0.2, 0.25) is 5.02 Å². The van der Waals surface area contributed by atoms with Crippen LogP contribution in [-0.4, -0.2) is 36.7 Å². The number of rotatable bonds is 7. The van der Waals surface area contributed by atoms with Gasteiger partial charge in [0.15, 0.2) is 11.6 Å². The van der Waals surface area contributed by atoms with Gasteiger partial charge in [0.25, 0.3) is 0 Å². The maximum absolute atomic E-state index is 14.0. The van der Waals surface area contributed by atoms with Gasteiger partial charge >= 0.3 is 12.0 Å². The first-order chi connectivity index (χ1) is 14.8. The molecule has 0 fully saturated rings. The summed E-state index contributed by atoms with van der Waals surface area (Å²) in [7, 11) is 0. The lowest BCUT2D eigenvalue weighted by molar-refractivity contribution is -0.139. The largest absolute Gasteiger partial charge is 0.484 e. The highest BCUT2D eigenvalue weighted by molar-refractivity contribution is 6.30. The average molecular weight is 451 g/mol. The van der Waals surface area contributed by atoms with Crippen molar-refractivity contribution < 1.29 is 27.8 Å². The van der Waals surface area contributed by atoms with Gasteiger partial charge in [0, 0.05) is 17.6 Å². The molecule has 1 aliphatic heterocycles. The minimum Gasteiger partial charge on any atom is -0.484 e. The Kier molecular flexibility index (Phi) is 7.12. The summed E-state index contributed by atoms with van der Waals surface area (Å²) in [4.78, 5) is 27.0. The Hall–Kier alpha value is -3.13. The van der Waals surface area contributed by atoms with Crippen LogP contribution in [0.25, 0.3) is 0 Å². The van der Waals surface area contributed by atoms with Gasteiger partial charge in [-0.2, -0.15) is 0 Å². The first kappa shape index (κ1) is 22.6. The molecule has 3 rings (SSSR count). The third kappa shape index (κ3) is 4.96. The van der Waals surface area contributed by atoms with Gasteiger partial charge in [-0.25, -0.2) is 18.4 Å². The number of amides is 2. The normalized spacial score (nSPS) is 16.2. The molecule has 6 nitrogen and oxygen atoms in total. The molecule has 0 aromatic heterocycles. The predicted octanol–water partition coefficient (Wildman–Crippen LogP) is 4.60. The summed E-state index contributed by atoms with van der Waals surface area (Å²) in [6.45, 7) is 3.42. The predicted molar refractivity (Wildman–Crippen MR) is 111 cm³/mol. The first-order valence-corrected chi connectivity index (χ1v) is 10.0. The average Bonchev–Trinajstić information content (AvgIpc) is 2.72. The molecule has 2 aromatic rings. The van der Waals surface area contributed by atoms with Crippen molar-refractivity contribution in [2.45, 2.75) is 19.9 Å². The number of carbonyl (C=O) groups excluding carboxylic acids is 2. The summed E-state index contributed by atoms with van der Waals surface area (Å²) in [5.74, 6) is -2.50. The molecule has 164 valence electrons. The van der Waals surface area contributed by atoms with E-state index in [1.807, 2.05) is 0 Å². The molecule has 0 bridgehead atoms. The van der Waals surface area contributed by atoms with Gasteiger partial charge in [0.05, 0.1) is 23.9 Å². The topological polar surface area (TPSA) is 67.9 Å². The molecule has 1 atom stereocenters. The number of carbonyl (C=O) groups is 2. The molecule has 0 radical (unpaired) electrons. The van der Waals surface area contributed by atoms with E-state index in [9.17, 15) is 18.4 Å². The fraction of sp³-hybridized carbons (Fsp3) is 0.273. The molecule has 0 aliphatic carbocycles. The summed E-state index contributed by atoms with van der Waals surface area (Å²) in [5, 5.41) is 3.22. The second kappa shape index (κ2) is 9.78. The van der Waals surface area contributed by atoms with Crippen molar-refractivity contribution in [2.24, 2.45) is 0 Å². The Labute approximate surface area is 183 Å². The maximum atomic E-state index is 14.0. The number of nitrogens with zero attached hydrogens (tertiary/aromatic N) is 1. The van der Waals surface area contributed by atoms with Crippen molar-refractivity contribution in [1.82, 2.24) is 10.2 Å². The molecule has 0 saturated carbocycles. The molecule has 31 heavy (non-hydrogen) atoms. The summed E-state index contributed by atoms with van der Waals surface area (Å²) in [6, 6.07) is 8.30. The van der Waals surface area contributed by atoms with Crippen molar-refractivity contribution >= 4 is 23.6 Å². The number of esters is 1. The highest BCUT2D eigenvalue weighted by Gasteiger charge is 2.38. The molecule has 1 heterocycles. The molecule has 9 heteroatoms. The van der Waals surface area contributed by atoms with Gasteiger partial charge in [-0.3, -0.25) is 4.90 Å². The van der Waals surface area contributed by atoms with Crippen LogP contribution in [0, 0.1) is 11.6 Å². The number of hydrogen-bond donors (Lipinski definition) is 1. The summed E-state index contributed by atoms with van der Waals surface area (Å²) in [6.07, 6.45) is 0. The third-order valence-electron chi connectivity index (χ3n) is 4.69. The quantitative estimate of drug-likeness (QED) is 0.626. The van der Waals surface area contributed by atoms with Crippen molar-refractivity contribution in [1.29, 1.82) is 0 Å².